The van der Waals surface area contributed by atoms with Crippen molar-refractivity contribution in [1.82, 2.24) is 4.90 Å². The molecule has 0 saturated carbocycles. The van der Waals surface area contributed by atoms with Gasteiger partial charge in [-0.25, -0.2) is 0 Å². The summed E-state index contributed by atoms with van der Waals surface area (Å²) in [4.78, 5) is 14.8. The minimum Gasteiger partial charge on any atom is -0.393 e. The SMILES string of the molecule is CC(C)CN(CCC(N)=S)C(=O)c1cc(Br)cc(Br)c1. The summed E-state index contributed by atoms with van der Waals surface area (Å²) in [6, 6.07) is 5.54. The van der Waals surface area contributed by atoms with Crippen LogP contribution in [0.4, 0.5) is 0 Å². The van der Waals surface area contributed by atoms with Crippen LogP contribution in [0.15, 0.2) is 27.1 Å². The number of thiocarbonyl (C=S) groups is 1. The second-order valence-corrected chi connectivity index (χ2v) is 7.38. The number of carbonyl (C=O) groups is 1. The number of nitrogens with two attached hydrogens (primary N) is 1. The van der Waals surface area contributed by atoms with E-state index in [0.29, 0.717) is 36.0 Å². The molecule has 20 heavy (non-hydrogen) atoms. The molecule has 2 N–H and O–H groups in total. The molecule has 0 fully saturated rings. The second-order valence-electron chi connectivity index (χ2n) is 5.02. The first-order valence-electron chi connectivity index (χ1n) is 6.33. The van der Waals surface area contributed by atoms with Crippen molar-refractivity contribution in [3.05, 3.63) is 32.7 Å². The first-order valence-corrected chi connectivity index (χ1v) is 8.32. The van der Waals surface area contributed by atoms with Gasteiger partial charge in [-0.1, -0.05) is 57.9 Å². The third kappa shape index (κ3) is 5.89. The van der Waals surface area contributed by atoms with Crippen LogP contribution in [0.1, 0.15) is 30.6 Å². The smallest absolute Gasteiger partial charge is 0.253 e. The molecule has 0 aliphatic heterocycles. The molecule has 0 atom stereocenters. The first-order chi connectivity index (χ1) is 9.29. The number of hydrogen-bond acceptors (Lipinski definition) is 2. The monoisotopic (exact) mass is 420 g/mol. The molecule has 0 radical (unpaired) electrons. The number of nitrogens with zero attached hydrogens (tertiary/aromatic N) is 1. The lowest BCUT2D eigenvalue weighted by atomic mass is 10.1. The molecular formula is C14H18Br2N2OS. The fourth-order valence-corrected chi connectivity index (χ4v) is 3.21. The molecule has 110 valence electrons. The molecule has 1 aromatic rings. The summed E-state index contributed by atoms with van der Waals surface area (Å²) in [5, 5.41) is 0. The molecule has 1 aromatic carbocycles. The maximum Gasteiger partial charge on any atom is 0.253 e. The van der Waals surface area contributed by atoms with E-state index in [1.54, 1.807) is 4.90 Å². The molecular weight excluding hydrogens is 404 g/mol. The normalized spacial score (nSPS) is 10.7. The zero-order chi connectivity index (χ0) is 15.3. The van der Waals surface area contributed by atoms with E-state index >= 15 is 0 Å². The average molecular weight is 422 g/mol. The van der Waals surface area contributed by atoms with Crippen LogP contribution < -0.4 is 5.73 Å². The Hall–Kier alpha value is -0.460. The maximum absolute atomic E-state index is 12.6. The molecule has 3 nitrogen and oxygen atoms in total. The van der Waals surface area contributed by atoms with Gasteiger partial charge in [0.2, 0.25) is 0 Å². The van der Waals surface area contributed by atoms with E-state index < -0.39 is 0 Å². The van der Waals surface area contributed by atoms with Gasteiger partial charge in [-0.3, -0.25) is 4.79 Å². The van der Waals surface area contributed by atoms with E-state index in [1.165, 1.54) is 0 Å². The number of hydrogen-bond donors (Lipinski definition) is 1. The van der Waals surface area contributed by atoms with Crippen molar-refractivity contribution in [2.75, 3.05) is 13.1 Å². The topological polar surface area (TPSA) is 46.3 Å². The second kappa shape index (κ2) is 8.10. The molecule has 0 aliphatic rings. The quantitative estimate of drug-likeness (QED) is 0.706. The van der Waals surface area contributed by atoms with Gasteiger partial charge in [0.05, 0.1) is 4.99 Å². The molecule has 0 spiro atoms. The van der Waals surface area contributed by atoms with Gasteiger partial charge in [0, 0.05) is 34.0 Å². The fraction of sp³-hybridized carbons (Fsp3) is 0.429. The van der Waals surface area contributed by atoms with E-state index in [2.05, 4.69) is 45.7 Å². The van der Waals surface area contributed by atoms with Crippen molar-refractivity contribution in [2.45, 2.75) is 20.3 Å². The lowest BCUT2D eigenvalue weighted by Crippen LogP contribution is -2.36. The van der Waals surface area contributed by atoms with Gasteiger partial charge >= 0.3 is 0 Å². The molecule has 0 heterocycles. The fourth-order valence-electron chi connectivity index (χ4n) is 1.82. The van der Waals surface area contributed by atoms with Gasteiger partial charge in [0.1, 0.15) is 0 Å². The number of benzene rings is 1. The summed E-state index contributed by atoms with van der Waals surface area (Å²) in [5.74, 6) is 0.387. The van der Waals surface area contributed by atoms with Crippen LogP contribution in [0.2, 0.25) is 0 Å². The Morgan fingerprint density at radius 3 is 2.30 bits per heavy atom. The highest BCUT2D eigenvalue weighted by atomic mass is 79.9. The molecule has 1 amide bonds. The van der Waals surface area contributed by atoms with Crippen molar-refractivity contribution in [3.63, 3.8) is 0 Å². The number of halogens is 2. The summed E-state index contributed by atoms with van der Waals surface area (Å²) >= 11 is 11.7. The van der Waals surface area contributed by atoms with Crippen molar-refractivity contribution < 1.29 is 4.79 Å². The van der Waals surface area contributed by atoms with Crippen LogP contribution in [0.25, 0.3) is 0 Å². The van der Waals surface area contributed by atoms with Gasteiger partial charge in [0.25, 0.3) is 5.91 Å². The Labute approximate surface area is 142 Å². The van der Waals surface area contributed by atoms with Crippen LogP contribution in [-0.4, -0.2) is 28.9 Å². The maximum atomic E-state index is 12.6. The first kappa shape index (κ1) is 17.6. The van der Waals surface area contributed by atoms with E-state index in [0.717, 1.165) is 8.95 Å². The van der Waals surface area contributed by atoms with Crippen molar-refractivity contribution in [2.24, 2.45) is 11.7 Å². The minimum atomic E-state index is -0.00282. The standard InChI is InChI=1S/C14H18Br2N2OS/c1-9(2)8-18(4-3-13(17)20)14(19)10-5-11(15)7-12(16)6-10/h5-7,9H,3-4,8H2,1-2H3,(H2,17,20). The Balaban J connectivity index is 2.93. The average Bonchev–Trinajstić information content (AvgIpc) is 2.31. The van der Waals surface area contributed by atoms with E-state index in [1.807, 2.05) is 18.2 Å². The zero-order valence-electron chi connectivity index (χ0n) is 11.5. The van der Waals surface area contributed by atoms with Crippen LogP contribution in [0.3, 0.4) is 0 Å². The Kier molecular flexibility index (Phi) is 7.12. The third-order valence-electron chi connectivity index (χ3n) is 2.61. The predicted octanol–water partition coefficient (Wildman–Crippen LogP) is 3.99. The van der Waals surface area contributed by atoms with Crippen molar-refractivity contribution in [1.29, 1.82) is 0 Å². The summed E-state index contributed by atoms with van der Waals surface area (Å²) in [6.07, 6.45) is 0.545. The van der Waals surface area contributed by atoms with Crippen LogP contribution >= 0.6 is 44.1 Å². The molecule has 0 aliphatic carbocycles. The number of carbonyl (C=O) groups excluding carboxylic acids is 1. The summed E-state index contributed by atoms with van der Waals surface area (Å²) in [5.41, 5.74) is 6.19. The molecule has 1 rings (SSSR count). The Morgan fingerprint density at radius 2 is 1.85 bits per heavy atom. The molecule has 0 aromatic heterocycles. The highest BCUT2D eigenvalue weighted by Crippen LogP contribution is 2.21. The molecule has 0 bridgehead atoms. The highest BCUT2D eigenvalue weighted by Gasteiger charge is 2.17. The molecule has 0 unspecified atom stereocenters. The third-order valence-corrected chi connectivity index (χ3v) is 3.73. The van der Waals surface area contributed by atoms with E-state index in [9.17, 15) is 4.79 Å². The van der Waals surface area contributed by atoms with Crippen molar-refractivity contribution in [3.8, 4) is 0 Å². The van der Waals surface area contributed by atoms with Gasteiger partial charge in [-0.2, -0.15) is 0 Å². The Morgan fingerprint density at radius 1 is 1.30 bits per heavy atom. The summed E-state index contributed by atoms with van der Waals surface area (Å²) in [7, 11) is 0. The summed E-state index contributed by atoms with van der Waals surface area (Å²) < 4.78 is 1.74. The van der Waals surface area contributed by atoms with Crippen LogP contribution in [0, 0.1) is 5.92 Å². The molecule has 0 saturated heterocycles. The van der Waals surface area contributed by atoms with Gasteiger partial charge in [0.15, 0.2) is 0 Å². The summed E-state index contributed by atoms with van der Waals surface area (Å²) in [6.45, 7) is 5.40. The minimum absolute atomic E-state index is 0.00282. The van der Waals surface area contributed by atoms with Crippen LogP contribution in [-0.2, 0) is 0 Å². The highest BCUT2D eigenvalue weighted by molar-refractivity contribution is 9.11. The number of amides is 1. The van der Waals surface area contributed by atoms with Gasteiger partial charge in [-0.05, 0) is 24.1 Å². The van der Waals surface area contributed by atoms with Gasteiger partial charge in [-0.15, -0.1) is 0 Å². The zero-order valence-corrected chi connectivity index (χ0v) is 15.5. The van der Waals surface area contributed by atoms with Crippen molar-refractivity contribution >= 4 is 55.0 Å². The lowest BCUT2D eigenvalue weighted by Gasteiger charge is -2.24. The largest absolute Gasteiger partial charge is 0.393 e. The lowest BCUT2D eigenvalue weighted by molar-refractivity contribution is 0.0741. The van der Waals surface area contributed by atoms with E-state index in [4.69, 9.17) is 18.0 Å². The number of rotatable bonds is 6. The molecule has 6 heteroatoms. The predicted molar refractivity (Wildman–Crippen MR) is 94.0 cm³/mol. The van der Waals surface area contributed by atoms with Gasteiger partial charge < -0.3 is 10.6 Å². The van der Waals surface area contributed by atoms with E-state index in [-0.39, 0.29) is 5.91 Å². The Bertz CT molecular complexity index is 486. The van der Waals surface area contributed by atoms with Crippen LogP contribution in [0.5, 0.6) is 0 Å².